The zero-order chi connectivity index (χ0) is 16.2. The summed E-state index contributed by atoms with van der Waals surface area (Å²) in [6.45, 7) is 4.17. The fourth-order valence-corrected chi connectivity index (χ4v) is 3.48. The van der Waals surface area contributed by atoms with Gasteiger partial charge in [-0.3, -0.25) is 14.8 Å². The Kier molecular flexibility index (Phi) is 5.57. The molecule has 0 saturated carbocycles. The summed E-state index contributed by atoms with van der Waals surface area (Å²) in [6.07, 6.45) is 4.86. The van der Waals surface area contributed by atoms with Crippen LogP contribution in [-0.4, -0.2) is 67.1 Å². The van der Waals surface area contributed by atoms with E-state index in [-0.39, 0.29) is 17.7 Å². The Labute approximate surface area is 131 Å². The van der Waals surface area contributed by atoms with Gasteiger partial charge in [-0.15, -0.1) is 0 Å². The van der Waals surface area contributed by atoms with Crippen LogP contribution in [0.1, 0.15) is 30.3 Å². The van der Waals surface area contributed by atoms with Crippen molar-refractivity contribution >= 4 is 15.7 Å². The van der Waals surface area contributed by atoms with Gasteiger partial charge in [0.05, 0.1) is 5.75 Å². The van der Waals surface area contributed by atoms with E-state index in [1.54, 1.807) is 12.3 Å². The van der Waals surface area contributed by atoms with Crippen molar-refractivity contribution in [3.8, 4) is 0 Å². The zero-order valence-corrected chi connectivity index (χ0v) is 13.9. The van der Waals surface area contributed by atoms with Gasteiger partial charge in [0.25, 0.3) is 5.91 Å². The quantitative estimate of drug-likeness (QED) is 0.750. The second-order valence-corrected chi connectivity index (χ2v) is 8.25. The maximum absolute atomic E-state index is 12.1. The van der Waals surface area contributed by atoms with Crippen molar-refractivity contribution in [2.45, 2.75) is 25.8 Å². The van der Waals surface area contributed by atoms with Gasteiger partial charge < -0.3 is 5.32 Å². The van der Waals surface area contributed by atoms with E-state index in [1.807, 2.05) is 0 Å². The van der Waals surface area contributed by atoms with E-state index in [0.717, 1.165) is 19.4 Å². The number of likely N-dealkylation sites (tertiary alicyclic amines) is 1. The summed E-state index contributed by atoms with van der Waals surface area (Å²) in [5.41, 5.74) is 0.449. The Bertz CT molecular complexity index is 585. The van der Waals surface area contributed by atoms with Crippen LogP contribution in [-0.2, 0) is 9.84 Å². The van der Waals surface area contributed by atoms with Crippen LogP contribution in [0.4, 0.5) is 0 Å². The van der Waals surface area contributed by atoms with E-state index in [4.69, 9.17) is 0 Å². The molecule has 0 bridgehead atoms. The van der Waals surface area contributed by atoms with Gasteiger partial charge in [0, 0.05) is 38.1 Å². The summed E-state index contributed by atoms with van der Waals surface area (Å²) in [5.74, 6) is 0.359. The largest absolute Gasteiger partial charge is 0.346 e. The van der Waals surface area contributed by atoms with Crippen LogP contribution < -0.4 is 5.32 Å². The van der Waals surface area contributed by atoms with Crippen molar-refractivity contribution in [3.63, 3.8) is 0 Å². The number of nitrogens with one attached hydrogen (secondary N) is 2. The van der Waals surface area contributed by atoms with Crippen molar-refractivity contribution in [1.82, 2.24) is 20.4 Å². The summed E-state index contributed by atoms with van der Waals surface area (Å²) >= 11 is 0. The SMILES string of the molecule is CCCC1CN(CCS(C)(=O)=O)CC1NC(=O)c1ccn[nH]1. The van der Waals surface area contributed by atoms with Gasteiger partial charge in [0.1, 0.15) is 15.5 Å². The van der Waals surface area contributed by atoms with Crippen LogP contribution in [0, 0.1) is 5.92 Å². The van der Waals surface area contributed by atoms with Gasteiger partial charge in [0.15, 0.2) is 0 Å². The van der Waals surface area contributed by atoms with Crippen LogP contribution in [0.2, 0.25) is 0 Å². The lowest BCUT2D eigenvalue weighted by atomic mass is 9.98. The first kappa shape index (κ1) is 17.0. The maximum atomic E-state index is 12.1. The molecule has 2 atom stereocenters. The Hall–Kier alpha value is -1.41. The molecule has 8 heteroatoms. The van der Waals surface area contributed by atoms with Crippen LogP contribution in [0.3, 0.4) is 0 Å². The van der Waals surface area contributed by atoms with Crippen LogP contribution in [0.5, 0.6) is 0 Å². The highest BCUT2D eigenvalue weighted by atomic mass is 32.2. The number of rotatable bonds is 7. The molecule has 22 heavy (non-hydrogen) atoms. The molecule has 1 aliphatic heterocycles. The Morgan fingerprint density at radius 3 is 2.86 bits per heavy atom. The van der Waals surface area contributed by atoms with Crippen LogP contribution >= 0.6 is 0 Å². The Morgan fingerprint density at radius 2 is 2.27 bits per heavy atom. The van der Waals surface area contributed by atoms with Gasteiger partial charge in [-0.2, -0.15) is 5.10 Å². The molecule has 2 rings (SSSR count). The van der Waals surface area contributed by atoms with Gasteiger partial charge in [-0.05, 0) is 18.4 Å². The topological polar surface area (TPSA) is 95.2 Å². The Balaban J connectivity index is 1.94. The first-order chi connectivity index (χ1) is 10.4. The minimum Gasteiger partial charge on any atom is -0.346 e. The maximum Gasteiger partial charge on any atom is 0.269 e. The average molecular weight is 328 g/mol. The highest BCUT2D eigenvalue weighted by Gasteiger charge is 2.33. The second-order valence-electron chi connectivity index (χ2n) is 5.99. The van der Waals surface area contributed by atoms with Crippen molar-refractivity contribution < 1.29 is 13.2 Å². The minimum atomic E-state index is -2.96. The molecule has 1 aliphatic rings. The summed E-state index contributed by atoms with van der Waals surface area (Å²) in [4.78, 5) is 14.3. The molecule has 2 unspecified atom stereocenters. The average Bonchev–Trinajstić information content (AvgIpc) is 3.06. The predicted octanol–water partition coefficient (Wildman–Crippen LogP) is 0.285. The van der Waals surface area contributed by atoms with Gasteiger partial charge in [-0.1, -0.05) is 13.3 Å². The molecule has 0 radical (unpaired) electrons. The fourth-order valence-electron chi connectivity index (χ4n) is 2.89. The van der Waals surface area contributed by atoms with E-state index >= 15 is 0 Å². The zero-order valence-electron chi connectivity index (χ0n) is 13.1. The monoisotopic (exact) mass is 328 g/mol. The lowest BCUT2D eigenvalue weighted by Crippen LogP contribution is -2.41. The molecule has 1 fully saturated rings. The molecular weight excluding hydrogens is 304 g/mol. The number of aromatic nitrogens is 2. The third kappa shape index (κ3) is 4.81. The molecule has 0 aromatic carbocycles. The number of aromatic amines is 1. The Morgan fingerprint density at radius 1 is 1.50 bits per heavy atom. The number of hydrogen-bond donors (Lipinski definition) is 2. The molecule has 1 amide bonds. The minimum absolute atomic E-state index is 0.0512. The number of amides is 1. The lowest BCUT2D eigenvalue weighted by Gasteiger charge is -2.18. The summed E-state index contributed by atoms with van der Waals surface area (Å²) in [5, 5.41) is 9.48. The summed E-state index contributed by atoms with van der Waals surface area (Å²) < 4.78 is 22.6. The van der Waals surface area contributed by atoms with Crippen LogP contribution in [0.15, 0.2) is 12.3 Å². The normalized spacial score (nSPS) is 22.8. The molecular formula is C14H24N4O3S. The van der Waals surface area contributed by atoms with E-state index in [2.05, 4.69) is 27.3 Å². The molecule has 1 saturated heterocycles. The van der Waals surface area contributed by atoms with Crippen LogP contribution in [0.25, 0.3) is 0 Å². The molecule has 0 aliphatic carbocycles. The van der Waals surface area contributed by atoms with E-state index in [0.29, 0.717) is 24.7 Å². The summed E-state index contributed by atoms with van der Waals surface area (Å²) in [7, 11) is -2.96. The summed E-state index contributed by atoms with van der Waals surface area (Å²) in [6, 6.07) is 1.69. The molecule has 2 heterocycles. The molecule has 124 valence electrons. The third-order valence-corrected chi connectivity index (χ3v) is 4.94. The smallest absolute Gasteiger partial charge is 0.269 e. The highest BCUT2D eigenvalue weighted by molar-refractivity contribution is 7.90. The number of sulfone groups is 1. The number of nitrogens with zero attached hydrogens (tertiary/aromatic N) is 2. The van der Waals surface area contributed by atoms with Gasteiger partial charge in [0.2, 0.25) is 0 Å². The van der Waals surface area contributed by atoms with E-state index < -0.39 is 9.84 Å². The van der Waals surface area contributed by atoms with Crippen molar-refractivity contribution in [2.75, 3.05) is 31.6 Å². The fraction of sp³-hybridized carbons (Fsp3) is 0.714. The number of hydrogen-bond acceptors (Lipinski definition) is 5. The number of carbonyl (C=O) groups excluding carboxylic acids is 1. The van der Waals surface area contributed by atoms with Crippen molar-refractivity contribution in [3.05, 3.63) is 18.0 Å². The number of H-pyrrole nitrogens is 1. The third-order valence-electron chi connectivity index (χ3n) is 4.02. The standard InChI is InChI=1S/C14H24N4O3S/c1-3-4-11-9-18(7-8-22(2,20)21)10-13(11)16-14(19)12-5-6-15-17-12/h5-6,11,13H,3-4,7-10H2,1-2H3,(H,15,17)(H,16,19). The van der Waals surface area contributed by atoms with Crippen molar-refractivity contribution in [2.24, 2.45) is 5.92 Å². The van der Waals surface area contributed by atoms with E-state index in [9.17, 15) is 13.2 Å². The molecule has 1 aromatic rings. The first-order valence-corrected chi connectivity index (χ1v) is 9.65. The molecule has 0 spiro atoms. The molecule has 7 nitrogen and oxygen atoms in total. The number of carbonyl (C=O) groups is 1. The predicted molar refractivity (Wildman–Crippen MR) is 84.4 cm³/mol. The van der Waals surface area contributed by atoms with E-state index in [1.165, 1.54) is 6.26 Å². The van der Waals surface area contributed by atoms with Gasteiger partial charge in [-0.25, -0.2) is 8.42 Å². The second kappa shape index (κ2) is 7.23. The lowest BCUT2D eigenvalue weighted by molar-refractivity contribution is 0.0924. The highest BCUT2D eigenvalue weighted by Crippen LogP contribution is 2.22. The van der Waals surface area contributed by atoms with Gasteiger partial charge >= 0.3 is 0 Å². The van der Waals surface area contributed by atoms with Crippen molar-refractivity contribution in [1.29, 1.82) is 0 Å². The molecule has 1 aromatic heterocycles. The first-order valence-electron chi connectivity index (χ1n) is 7.59. The molecule has 2 N–H and O–H groups in total.